The molecule has 0 fully saturated rings. The van der Waals surface area contributed by atoms with Gasteiger partial charge in [-0.15, -0.1) is 0 Å². The number of amides is 1. The molecule has 0 radical (unpaired) electrons. The van der Waals surface area contributed by atoms with Crippen LogP contribution in [0.4, 0.5) is 4.39 Å². The van der Waals surface area contributed by atoms with E-state index >= 15 is 0 Å². The molecule has 1 unspecified atom stereocenters. The SMILES string of the molecule is CCCCOCC(=O)NCC(O)c1ccc(Cl)c(F)c1. The molecule has 1 atom stereocenters. The quantitative estimate of drug-likeness (QED) is 0.725. The lowest BCUT2D eigenvalue weighted by Crippen LogP contribution is -2.31. The standard InChI is InChI=1S/C14H19ClFNO3/c1-2-3-6-20-9-14(19)17-8-13(18)10-4-5-11(15)12(16)7-10/h4-5,7,13,18H,2-3,6,8-9H2,1H3,(H,17,19). The van der Waals surface area contributed by atoms with E-state index in [2.05, 4.69) is 5.32 Å². The zero-order valence-electron chi connectivity index (χ0n) is 11.4. The number of hydrogen-bond acceptors (Lipinski definition) is 3. The molecule has 0 spiro atoms. The van der Waals surface area contributed by atoms with Crippen molar-refractivity contribution in [3.05, 3.63) is 34.6 Å². The van der Waals surface area contributed by atoms with Crippen molar-refractivity contribution in [2.24, 2.45) is 0 Å². The lowest BCUT2D eigenvalue weighted by atomic mass is 10.1. The van der Waals surface area contributed by atoms with Gasteiger partial charge in [-0.3, -0.25) is 4.79 Å². The number of aliphatic hydroxyl groups is 1. The molecule has 0 aromatic heterocycles. The molecule has 0 aliphatic heterocycles. The molecule has 1 aromatic carbocycles. The van der Waals surface area contributed by atoms with Gasteiger partial charge in [0.25, 0.3) is 0 Å². The summed E-state index contributed by atoms with van der Waals surface area (Å²) in [4.78, 5) is 11.4. The first-order chi connectivity index (χ1) is 9.54. The number of benzene rings is 1. The van der Waals surface area contributed by atoms with E-state index in [9.17, 15) is 14.3 Å². The molecule has 0 bridgehead atoms. The number of hydrogen-bond donors (Lipinski definition) is 2. The van der Waals surface area contributed by atoms with Crippen LogP contribution in [0, 0.1) is 5.82 Å². The molecule has 0 aliphatic carbocycles. The molecule has 0 saturated carbocycles. The second-order valence-corrected chi connectivity index (χ2v) is 4.81. The second-order valence-electron chi connectivity index (χ2n) is 4.40. The van der Waals surface area contributed by atoms with Crippen LogP contribution < -0.4 is 5.32 Å². The maximum absolute atomic E-state index is 13.2. The molecular formula is C14H19ClFNO3. The van der Waals surface area contributed by atoms with Crippen molar-refractivity contribution >= 4 is 17.5 Å². The average Bonchev–Trinajstić information content (AvgIpc) is 2.44. The smallest absolute Gasteiger partial charge is 0.246 e. The van der Waals surface area contributed by atoms with Crippen molar-refractivity contribution < 1.29 is 19.0 Å². The summed E-state index contributed by atoms with van der Waals surface area (Å²) in [6, 6.07) is 4.03. The van der Waals surface area contributed by atoms with Crippen LogP contribution in [0.25, 0.3) is 0 Å². The molecule has 1 rings (SSSR count). The molecule has 2 N–H and O–H groups in total. The summed E-state index contributed by atoms with van der Waals surface area (Å²) in [5.74, 6) is -0.910. The Labute approximate surface area is 122 Å². The highest BCUT2D eigenvalue weighted by molar-refractivity contribution is 6.30. The van der Waals surface area contributed by atoms with Crippen LogP contribution in [-0.4, -0.2) is 30.8 Å². The number of halogens is 2. The molecule has 20 heavy (non-hydrogen) atoms. The molecular weight excluding hydrogens is 285 g/mol. The maximum Gasteiger partial charge on any atom is 0.246 e. The van der Waals surface area contributed by atoms with Crippen LogP contribution >= 0.6 is 11.6 Å². The first kappa shape index (κ1) is 16.9. The zero-order chi connectivity index (χ0) is 15.0. The van der Waals surface area contributed by atoms with E-state index in [-0.39, 0.29) is 24.1 Å². The molecule has 0 saturated heterocycles. The Morgan fingerprint density at radius 1 is 1.55 bits per heavy atom. The maximum atomic E-state index is 13.2. The normalized spacial score (nSPS) is 12.2. The van der Waals surface area contributed by atoms with Crippen molar-refractivity contribution in [2.75, 3.05) is 19.8 Å². The van der Waals surface area contributed by atoms with E-state index in [0.29, 0.717) is 12.2 Å². The van der Waals surface area contributed by atoms with Gasteiger partial charge >= 0.3 is 0 Å². The van der Waals surface area contributed by atoms with E-state index in [1.54, 1.807) is 0 Å². The van der Waals surface area contributed by atoms with E-state index in [0.717, 1.165) is 18.9 Å². The van der Waals surface area contributed by atoms with Gasteiger partial charge < -0.3 is 15.2 Å². The van der Waals surface area contributed by atoms with Gasteiger partial charge in [0.05, 0.1) is 11.1 Å². The van der Waals surface area contributed by atoms with Crippen LogP contribution in [0.3, 0.4) is 0 Å². The summed E-state index contributed by atoms with van der Waals surface area (Å²) in [5.41, 5.74) is 0.360. The van der Waals surface area contributed by atoms with Crippen LogP contribution in [0.1, 0.15) is 31.4 Å². The third kappa shape index (κ3) is 5.86. The Bertz CT molecular complexity index is 442. The summed E-state index contributed by atoms with van der Waals surface area (Å²) in [7, 11) is 0. The molecule has 1 aromatic rings. The van der Waals surface area contributed by atoms with Gasteiger partial charge in [0.2, 0.25) is 5.91 Å². The minimum Gasteiger partial charge on any atom is -0.387 e. The molecule has 0 aliphatic rings. The van der Waals surface area contributed by atoms with Crippen LogP contribution in [0.2, 0.25) is 5.02 Å². The number of ether oxygens (including phenoxy) is 1. The summed E-state index contributed by atoms with van der Waals surface area (Å²) >= 11 is 5.55. The van der Waals surface area contributed by atoms with Crippen molar-refractivity contribution in [1.82, 2.24) is 5.32 Å². The molecule has 1 amide bonds. The number of carbonyl (C=O) groups is 1. The van der Waals surface area contributed by atoms with Crippen LogP contribution in [-0.2, 0) is 9.53 Å². The minimum atomic E-state index is -0.985. The summed E-state index contributed by atoms with van der Waals surface area (Å²) in [5, 5.41) is 12.3. The van der Waals surface area contributed by atoms with E-state index in [4.69, 9.17) is 16.3 Å². The van der Waals surface area contributed by atoms with E-state index in [1.165, 1.54) is 12.1 Å². The zero-order valence-corrected chi connectivity index (χ0v) is 12.1. The van der Waals surface area contributed by atoms with Crippen LogP contribution in [0.5, 0.6) is 0 Å². The van der Waals surface area contributed by atoms with Crippen LogP contribution in [0.15, 0.2) is 18.2 Å². The van der Waals surface area contributed by atoms with Gasteiger partial charge in [-0.25, -0.2) is 4.39 Å². The molecule has 4 nitrogen and oxygen atoms in total. The Hall–Kier alpha value is -1.17. The third-order valence-electron chi connectivity index (χ3n) is 2.70. The molecule has 112 valence electrons. The first-order valence-corrected chi connectivity index (χ1v) is 6.89. The van der Waals surface area contributed by atoms with Crippen molar-refractivity contribution in [2.45, 2.75) is 25.9 Å². The van der Waals surface area contributed by atoms with Gasteiger partial charge in [-0.2, -0.15) is 0 Å². The lowest BCUT2D eigenvalue weighted by molar-refractivity contribution is -0.126. The number of carbonyl (C=O) groups excluding carboxylic acids is 1. The Balaban J connectivity index is 2.33. The predicted octanol–water partition coefficient (Wildman–Crippen LogP) is 2.45. The Kier molecular flexibility index (Phi) is 7.51. The number of nitrogens with one attached hydrogen (secondary N) is 1. The van der Waals surface area contributed by atoms with Crippen molar-refractivity contribution in [3.8, 4) is 0 Å². The predicted molar refractivity (Wildman–Crippen MR) is 75.1 cm³/mol. The van der Waals surface area contributed by atoms with Gasteiger partial charge in [-0.1, -0.05) is 31.0 Å². The fraction of sp³-hybridized carbons (Fsp3) is 0.500. The number of unbranched alkanes of at least 4 members (excludes halogenated alkanes) is 1. The fourth-order valence-corrected chi connectivity index (χ4v) is 1.63. The Morgan fingerprint density at radius 3 is 2.95 bits per heavy atom. The van der Waals surface area contributed by atoms with Crippen molar-refractivity contribution in [1.29, 1.82) is 0 Å². The highest BCUT2D eigenvalue weighted by Gasteiger charge is 2.11. The monoisotopic (exact) mass is 303 g/mol. The highest BCUT2D eigenvalue weighted by Crippen LogP contribution is 2.19. The molecule has 0 heterocycles. The number of rotatable bonds is 8. The van der Waals surface area contributed by atoms with E-state index in [1.807, 2.05) is 6.92 Å². The van der Waals surface area contributed by atoms with Crippen molar-refractivity contribution in [3.63, 3.8) is 0 Å². The molecule has 6 heteroatoms. The second kappa shape index (κ2) is 8.89. The number of aliphatic hydroxyl groups excluding tert-OH is 1. The van der Waals surface area contributed by atoms with E-state index < -0.39 is 11.9 Å². The third-order valence-corrected chi connectivity index (χ3v) is 3.00. The minimum absolute atomic E-state index is 0.00293. The van der Waals surface area contributed by atoms with Gasteiger partial charge in [0.15, 0.2) is 0 Å². The first-order valence-electron chi connectivity index (χ1n) is 6.52. The topological polar surface area (TPSA) is 58.6 Å². The summed E-state index contributed by atoms with van der Waals surface area (Å²) < 4.78 is 18.4. The summed E-state index contributed by atoms with van der Waals surface area (Å²) in [6.45, 7) is 2.53. The highest BCUT2D eigenvalue weighted by atomic mass is 35.5. The van der Waals surface area contributed by atoms with Gasteiger partial charge in [-0.05, 0) is 24.1 Å². The Morgan fingerprint density at radius 2 is 2.30 bits per heavy atom. The fourth-order valence-electron chi connectivity index (χ4n) is 1.51. The lowest BCUT2D eigenvalue weighted by Gasteiger charge is -2.13. The summed E-state index contributed by atoms with van der Waals surface area (Å²) in [6.07, 6.45) is 0.920. The largest absolute Gasteiger partial charge is 0.387 e. The van der Waals surface area contributed by atoms with Gasteiger partial charge in [0, 0.05) is 13.2 Å². The average molecular weight is 304 g/mol. The van der Waals surface area contributed by atoms with Gasteiger partial charge in [0.1, 0.15) is 12.4 Å².